The zero-order valence-electron chi connectivity index (χ0n) is 7.08. The van der Waals surface area contributed by atoms with Crippen molar-refractivity contribution in [3.63, 3.8) is 0 Å². The Morgan fingerprint density at radius 3 is 2.58 bits per heavy atom. The van der Waals surface area contributed by atoms with Gasteiger partial charge < -0.3 is 4.21 Å². The maximum absolute atomic E-state index is 12.2. The van der Waals surface area contributed by atoms with E-state index in [1.54, 1.807) is 13.1 Å². The highest BCUT2D eigenvalue weighted by atomic mass is 31.2. The Morgan fingerprint density at radius 2 is 2.25 bits per heavy atom. The van der Waals surface area contributed by atoms with Gasteiger partial charge in [0.05, 0.1) is 0 Å². The van der Waals surface area contributed by atoms with Gasteiger partial charge in [0.1, 0.15) is 0 Å². The van der Waals surface area contributed by atoms with Crippen LogP contribution in [0.15, 0.2) is 0 Å². The van der Waals surface area contributed by atoms with Crippen molar-refractivity contribution >= 4 is 16.2 Å². The second kappa shape index (κ2) is 4.20. The van der Waals surface area contributed by atoms with Crippen molar-refractivity contribution in [2.75, 3.05) is 0 Å². The Hall–Kier alpha value is -0.143. The highest BCUT2D eigenvalue weighted by molar-refractivity contribution is 7.48. The lowest BCUT2D eigenvalue weighted by atomic mass is 10.5. The van der Waals surface area contributed by atoms with Crippen molar-refractivity contribution in [2.24, 2.45) is 0 Å². The van der Waals surface area contributed by atoms with Crippen LogP contribution < -0.4 is 0 Å². The van der Waals surface area contributed by atoms with Crippen LogP contribution >= 0.6 is 7.91 Å². The standard InChI is InChI=1S/C6H12FO3PSi/c1-4-5-6-12(2,3)10-11(7,8)9/h1H,5-6H2,2-3H3,(H,8,9). The van der Waals surface area contributed by atoms with Crippen LogP contribution in [0, 0.1) is 12.3 Å². The van der Waals surface area contributed by atoms with E-state index in [-0.39, 0.29) is 0 Å². The molecule has 1 atom stereocenters. The molecule has 0 saturated heterocycles. The summed E-state index contributed by atoms with van der Waals surface area (Å²) in [6.07, 6.45) is 5.43. The average molecular weight is 210 g/mol. The average Bonchev–Trinajstić information content (AvgIpc) is 1.78. The molecule has 1 N–H and O–H groups in total. The van der Waals surface area contributed by atoms with E-state index in [0.29, 0.717) is 12.5 Å². The Labute approximate surface area is 72.7 Å². The molecule has 0 aliphatic carbocycles. The molecule has 0 aliphatic heterocycles. The van der Waals surface area contributed by atoms with Gasteiger partial charge >= 0.3 is 7.91 Å². The van der Waals surface area contributed by atoms with Crippen LogP contribution in [0.1, 0.15) is 6.42 Å². The molecule has 0 fully saturated rings. The smallest absolute Gasteiger partial charge is 0.327 e. The third-order valence-electron chi connectivity index (χ3n) is 1.23. The van der Waals surface area contributed by atoms with Gasteiger partial charge in [-0.3, -0.25) is 4.89 Å². The van der Waals surface area contributed by atoms with E-state index in [2.05, 4.69) is 10.1 Å². The predicted molar refractivity (Wildman–Crippen MR) is 47.8 cm³/mol. The van der Waals surface area contributed by atoms with Crippen LogP contribution in [0.4, 0.5) is 4.20 Å². The fourth-order valence-corrected chi connectivity index (χ4v) is 4.27. The van der Waals surface area contributed by atoms with Crippen molar-refractivity contribution in [3.8, 4) is 12.3 Å². The lowest BCUT2D eigenvalue weighted by Gasteiger charge is -2.20. The SMILES string of the molecule is C#CCC[Si](C)(C)OP(=O)(O)F. The first-order valence-corrected chi connectivity index (χ1v) is 8.02. The minimum atomic E-state index is -4.83. The maximum atomic E-state index is 12.2. The lowest BCUT2D eigenvalue weighted by Crippen LogP contribution is -2.27. The van der Waals surface area contributed by atoms with E-state index in [1.807, 2.05) is 0 Å². The molecule has 0 saturated carbocycles. The van der Waals surface area contributed by atoms with Gasteiger partial charge in [-0.1, -0.05) is 0 Å². The topological polar surface area (TPSA) is 46.5 Å². The highest BCUT2D eigenvalue weighted by Gasteiger charge is 2.32. The summed E-state index contributed by atoms with van der Waals surface area (Å²) in [4.78, 5) is 8.30. The quantitative estimate of drug-likeness (QED) is 0.440. The molecule has 12 heavy (non-hydrogen) atoms. The van der Waals surface area contributed by atoms with Gasteiger partial charge in [0.15, 0.2) is 0 Å². The summed E-state index contributed by atoms with van der Waals surface area (Å²) >= 11 is 0. The number of rotatable bonds is 4. The second-order valence-electron chi connectivity index (χ2n) is 3.01. The predicted octanol–water partition coefficient (Wildman–Crippen LogP) is 2.30. The van der Waals surface area contributed by atoms with Crippen molar-refractivity contribution in [2.45, 2.75) is 25.6 Å². The van der Waals surface area contributed by atoms with Crippen molar-refractivity contribution in [3.05, 3.63) is 0 Å². The first-order valence-electron chi connectivity index (χ1n) is 3.43. The number of halogens is 1. The third kappa shape index (κ3) is 6.56. The van der Waals surface area contributed by atoms with Gasteiger partial charge in [0.2, 0.25) is 8.32 Å². The molecular formula is C6H12FO3PSi. The molecule has 0 amide bonds. The normalized spacial score (nSPS) is 16.6. The van der Waals surface area contributed by atoms with Gasteiger partial charge in [0.25, 0.3) is 0 Å². The van der Waals surface area contributed by atoms with Gasteiger partial charge in [-0.15, -0.1) is 16.5 Å². The molecule has 1 unspecified atom stereocenters. The first-order chi connectivity index (χ1) is 5.27. The summed E-state index contributed by atoms with van der Waals surface area (Å²) < 4.78 is 26.8. The third-order valence-corrected chi connectivity index (χ3v) is 5.56. The van der Waals surface area contributed by atoms with E-state index in [4.69, 9.17) is 11.3 Å². The Bertz CT molecular complexity index is 229. The zero-order chi connectivity index (χ0) is 9.83. The van der Waals surface area contributed by atoms with Crippen LogP contribution in [0.2, 0.25) is 19.1 Å². The van der Waals surface area contributed by atoms with Gasteiger partial charge in [-0.2, -0.15) is 0 Å². The summed E-state index contributed by atoms with van der Waals surface area (Å²) in [5.41, 5.74) is 0. The minimum Gasteiger partial charge on any atom is -0.327 e. The van der Waals surface area contributed by atoms with Crippen molar-refractivity contribution < 1.29 is 17.9 Å². The molecule has 0 aliphatic rings. The van der Waals surface area contributed by atoms with Crippen LogP contribution in [0.3, 0.4) is 0 Å². The molecule has 0 aromatic rings. The van der Waals surface area contributed by atoms with E-state index in [1.165, 1.54) is 0 Å². The summed E-state index contributed by atoms with van der Waals surface area (Å²) in [5.74, 6) is 2.37. The fraction of sp³-hybridized carbons (Fsp3) is 0.667. The van der Waals surface area contributed by atoms with E-state index < -0.39 is 16.2 Å². The summed E-state index contributed by atoms with van der Waals surface area (Å²) in [7, 11) is -7.22. The Balaban J connectivity index is 4.06. The lowest BCUT2D eigenvalue weighted by molar-refractivity contribution is 0.326. The van der Waals surface area contributed by atoms with Gasteiger partial charge in [0, 0.05) is 6.42 Å². The number of hydrogen-bond donors (Lipinski definition) is 1. The Morgan fingerprint density at radius 1 is 1.75 bits per heavy atom. The van der Waals surface area contributed by atoms with Crippen molar-refractivity contribution in [1.29, 1.82) is 0 Å². The molecule has 6 heteroatoms. The van der Waals surface area contributed by atoms with Gasteiger partial charge in [-0.25, -0.2) is 4.57 Å². The monoisotopic (exact) mass is 210 g/mol. The first kappa shape index (κ1) is 11.9. The molecule has 0 radical (unpaired) electrons. The molecule has 3 nitrogen and oxygen atoms in total. The molecule has 0 heterocycles. The second-order valence-corrected chi connectivity index (χ2v) is 8.66. The minimum absolute atomic E-state index is 0.444. The molecule has 0 spiro atoms. The molecule has 0 aromatic carbocycles. The number of hydrogen-bond acceptors (Lipinski definition) is 2. The molecular weight excluding hydrogens is 198 g/mol. The summed E-state index contributed by atoms with van der Waals surface area (Å²) in [6.45, 7) is 3.29. The molecule has 0 rings (SSSR count). The summed E-state index contributed by atoms with van der Waals surface area (Å²) in [6, 6.07) is 0.484. The van der Waals surface area contributed by atoms with Crippen molar-refractivity contribution in [1.82, 2.24) is 0 Å². The van der Waals surface area contributed by atoms with Crippen LogP contribution in [0.25, 0.3) is 0 Å². The fourth-order valence-electron chi connectivity index (χ4n) is 0.724. The molecule has 0 aromatic heterocycles. The Kier molecular flexibility index (Phi) is 4.15. The van der Waals surface area contributed by atoms with E-state index in [9.17, 15) is 8.76 Å². The van der Waals surface area contributed by atoms with Crippen LogP contribution in [-0.2, 0) is 8.78 Å². The molecule has 0 bridgehead atoms. The zero-order valence-corrected chi connectivity index (χ0v) is 8.97. The van der Waals surface area contributed by atoms with Crippen LogP contribution in [-0.4, -0.2) is 13.2 Å². The largest absolute Gasteiger partial charge is 0.500 e. The molecule has 70 valence electrons. The van der Waals surface area contributed by atoms with Gasteiger partial charge in [-0.05, 0) is 19.1 Å². The highest BCUT2D eigenvalue weighted by Crippen LogP contribution is 2.47. The summed E-state index contributed by atoms with van der Waals surface area (Å²) in [5, 5.41) is 0. The van der Waals surface area contributed by atoms with Crippen LogP contribution in [0.5, 0.6) is 0 Å². The maximum Gasteiger partial charge on any atom is 0.500 e. The number of terminal acetylenes is 1. The van der Waals surface area contributed by atoms with E-state index in [0.717, 1.165) is 0 Å². The van der Waals surface area contributed by atoms with E-state index >= 15 is 0 Å².